The number of ketones is 1. The number of nitriles is 1. The third-order valence-electron chi connectivity index (χ3n) is 8.14. The molecule has 0 N–H and O–H groups in total. The molecule has 2 atom stereocenters. The van der Waals surface area contributed by atoms with Crippen molar-refractivity contribution in [3.8, 4) is 11.8 Å². The summed E-state index contributed by atoms with van der Waals surface area (Å²) in [5.41, 5.74) is 5.31. The summed E-state index contributed by atoms with van der Waals surface area (Å²) >= 11 is 0. The first kappa shape index (κ1) is 22.9. The Morgan fingerprint density at radius 3 is 2.50 bits per heavy atom. The van der Waals surface area contributed by atoms with Crippen molar-refractivity contribution in [1.82, 2.24) is 19.4 Å². The number of likely N-dealkylation sites (tertiary alicyclic amines) is 2. The Balaban J connectivity index is 1.37. The van der Waals surface area contributed by atoms with Crippen molar-refractivity contribution in [2.75, 3.05) is 32.7 Å². The van der Waals surface area contributed by atoms with Gasteiger partial charge in [0.05, 0.1) is 41.2 Å². The molecule has 2 aliphatic heterocycles. The van der Waals surface area contributed by atoms with Crippen LogP contribution < -0.4 is 0 Å². The van der Waals surface area contributed by atoms with Crippen LogP contribution in [0.5, 0.6) is 0 Å². The average Bonchev–Trinajstić information content (AvgIpc) is 3.38. The van der Waals surface area contributed by atoms with Crippen LogP contribution in [0.25, 0.3) is 16.7 Å². The largest absolute Gasteiger partial charge is 0.342 e. The number of fused-ring (bicyclic) bond motifs is 2. The summed E-state index contributed by atoms with van der Waals surface area (Å²) in [7, 11) is 0. The van der Waals surface area contributed by atoms with Gasteiger partial charge in [-0.05, 0) is 87.0 Å². The monoisotopic (exact) mass is 481 g/mol. The number of carbonyl (C=O) groups excluding carboxylic acids is 2. The van der Waals surface area contributed by atoms with E-state index in [4.69, 9.17) is 4.98 Å². The van der Waals surface area contributed by atoms with Gasteiger partial charge in [0.15, 0.2) is 5.78 Å². The van der Waals surface area contributed by atoms with Crippen LogP contribution in [0.3, 0.4) is 0 Å². The highest BCUT2D eigenvalue weighted by Gasteiger charge is 2.46. The van der Waals surface area contributed by atoms with Gasteiger partial charge in [-0.2, -0.15) is 5.26 Å². The van der Waals surface area contributed by atoms with Gasteiger partial charge in [0.2, 0.25) is 5.91 Å². The average molecular weight is 482 g/mol. The van der Waals surface area contributed by atoms with E-state index in [0.29, 0.717) is 41.4 Å². The van der Waals surface area contributed by atoms with Crippen LogP contribution in [0.4, 0.5) is 0 Å². The molecule has 2 aromatic heterocycles. The molecule has 1 aromatic carbocycles. The molecule has 2 saturated heterocycles. The lowest BCUT2D eigenvalue weighted by atomic mass is 10.1. The SMILES string of the molecule is Cc1c(C(=O)CN2CCCCC2)c2ncc(CC(=O)N3CC4C[C@@H]4C3)cc2n1-c1ccc(C#N)cc1. The Bertz CT molecular complexity index is 1370. The standard InChI is InChI=1S/C29H31N5O2/c1-19-28(26(35)18-32-9-3-2-4-10-32)29-25(34(19)24-7-5-20(14-30)6-8-24)11-21(15-31-29)12-27(36)33-16-22-13-23(22)17-33/h5-8,11,15,22-23H,2-4,9-10,12-13,16-18H2,1H3/t22-,23?/m1/s1. The van der Waals surface area contributed by atoms with Gasteiger partial charge >= 0.3 is 0 Å². The van der Waals surface area contributed by atoms with E-state index in [-0.39, 0.29) is 11.7 Å². The molecule has 3 fully saturated rings. The predicted molar refractivity (Wildman–Crippen MR) is 137 cm³/mol. The van der Waals surface area contributed by atoms with Crippen LogP contribution in [0.2, 0.25) is 0 Å². The number of benzene rings is 1. The number of Topliss-reactive ketones (excluding diaryl/α,β-unsaturated/α-hetero) is 1. The summed E-state index contributed by atoms with van der Waals surface area (Å²) in [4.78, 5) is 35.5. The first-order chi connectivity index (χ1) is 17.5. The van der Waals surface area contributed by atoms with E-state index in [9.17, 15) is 14.9 Å². The molecule has 0 radical (unpaired) electrons. The van der Waals surface area contributed by atoms with Gasteiger partial charge in [0, 0.05) is 30.7 Å². The molecule has 36 heavy (non-hydrogen) atoms. The van der Waals surface area contributed by atoms with Crippen molar-refractivity contribution in [2.24, 2.45) is 11.8 Å². The van der Waals surface area contributed by atoms with Crippen LogP contribution in [-0.4, -0.2) is 63.8 Å². The fourth-order valence-corrected chi connectivity index (χ4v) is 6.06. The number of pyridine rings is 1. The van der Waals surface area contributed by atoms with Crippen LogP contribution in [0.1, 0.15) is 52.9 Å². The van der Waals surface area contributed by atoms with Crippen molar-refractivity contribution in [2.45, 2.75) is 39.0 Å². The predicted octanol–water partition coefficient (Wildman–Crippen LogP) is 3.90. The number of carbonyl (C=O) groups is 2. The molecule has 184 valence electrons. The third kappa shape index (κ3) is 4.20. The number of piperidine rings is 2. The van der Waals surface area contributed by atoms with Crippen LogP contribution in [-0.2, 0) is 11.2 Å². The second kappa shape index (κ2) is 9.18. The van der Waals surface area contributed by atoms with Crippen molar-refractivity contribution in [1.29, 1.82) is 5.26 Å². The molecular formula is C29H31N5O2. The van der Waals surface area contributed by atoms with E-state index in [1.807, 2.05) is 34.6 Å². The molecule has 4 heterocycles. The molecular weight excluding hydrogens is 450 g/mol. The molecule has 0 bridgehead atoms. The van der Waals surface area contributed by atoms with Crippen molar-refractivity contribution in [3.05, 3.63) is 58.9 Å². The van der Waals surface area contributed by atoms with Gasteiger partial charge in [-0.1, -0.05) is 6.42 Å². The summed E-state index contributed by atoms with van der Waals surface area (Å²) in [5.74, 6) is 1.65. The fourth-order valence-electron chi connectivity index (χ4n) is 6.06. The van der Waals surface area contributed by atoms with E-state index in [0.717, 1.165) is 61.5 Å². The minimum absolute atomic E-state index is 0.0828. The summed E-state index contributed by atoms with van der Waals surface area (Å²) in [6.07, 6.45) is 6.83. The summed E-state index contributed by atoms with van der Waals surface area (Å²) in [5, 5.41) is 9.24. The lowest BCUT2D eigenvalue weighted by Crippen LogP contribution is -2.34. The fraction of sp³-hybridized carbons (Fsp3) is 0.448. The van der Waals surface area contributed by atoms with Gasteiger partial charge in [-0.15, -0.1) is 0 Å². The lowest BCUT2D eigenvalue weighted by Gasteiger charge is -2.25. The third-order valence-corrected chi connectivity index (χ3v) is 8.14. The minimum atomic E-state index is 0.0828. The van der Waals surface area contributed by atoms with Gasteiger partial charge in [-0.3, -0.25) is 19.5 Å². The van der Waals surface area contributed by atoms with Crippen LogP contribution in [0, 0.1) is 30.1 Å². The van der Waals surface area contributed by atoms with Gasteiger partial charge in [-0.25, -0.2) is 0 Å². The first-order valence-electron chi connectivity index (χ1n) is 13.1. The van der Waals surface area contributed by atoms with Crippen molar-refractivity contribution < 1.29 is 9.59 Å². The van der Waals surface area contributed by atoms with E-state index in [1.165, 1.54) is 12.8 Å². The maximum atomic E-state index is 13.6. The highest BCUT2D eigenvalue weighted by molar-refractivity contribution is 6.09. The molecule has 3 aliphatic rings. The Hall–Kier alpha value is -3.50. The number of nitrogens with zero attached hydrogens (tertiary/aromatic N) is 5. The van der Waals surface area contributed by atoms with E-state index < -0.39 is 0 Å². The molecule has 1 unspecified atom stereocenters. The number of rotatable bonds is 6. The summed E-state index contributed by atoms with van der Waals surface area (Å²) in [6.45, 7) is 6.04. The zero-order chi connectivity index (χ0) is 24.8. The molecule has 0 spiro atoms. The number of aromatic nitrogens is 2. The molecule has 3 aromatic rings. The molecule has 1 saturated carbocycles. The van der Waals surface area contributed by atoms with E-state index in [1.54, 1.807) is 18.3 Å². The highest BCUT2D eigenvalue weighted by Crippen LogP contribution is 2.45. The molecule has 1 aliphatic carbocycles. The lowest BCUT2D eigenvalue weighted by molar-refractivity contribution is -0.129. The Kier molecular flexibility index (Phi) is 5.85. The summed E-state index contributed by atoms with van der Waals surface area (Å²) < 4.78 is 2.05. The quantitative estimate of drug-likeness (QED) is 0.499. The van der Waals surface area contributed by atoms with Gasteiger partial charge < -0.3 is 9.47 Å². The summed E-state index contributed by atoms with van der Waals surface area (Å²) in [6, 6.07) is 11.6. The molecule has 1 amide bonds. The molecule has 7 nitrogen and oxygen atoms in total. The maximum Gasteiger partial charge on any atom is 0.227 e. The van der Waals surface area contributed by atoms with Crippen LogP contribution in [0.15, 0.2) is 36.5 Å². The van der Waals surface area contributed by atoms with Crippen molar-refractivity contribution in [3.63, 3.8) is 0 Å². The second-order valence-corrected chi connectivity index (χ2v) is 10.7. The molecule has 7 heteroatoms. The number of hydrogen-bond acceptors (Lipinski definition) is 5. The number of amides is 1. The van der Waals surface area contributed by atoms with Gasteiger partial charge in [0.1, 0.15) is 0 Å². The minimum Gasteiger partial charge on any atom is -0.342 e. The van der Waals surface area contributed by atoms with Crippen LogP contribution >= 0.6 is 0 Å². The zero-order valence-corrected chi connectivity index (χ0v) is 20.7. The maximum absolute atomic E-state index is 13.6. The molecule has 6 rings (SSSR count). The second-order valence-electron chi connectivity index (χ2n) is 10.7. The van der Waals surface area contributed by atoms with E-state index >= 15 is 0 Å². The Morgan fingerprint density at radius 2 is 1.81 bits per heavy atom. The topological polar surface area (TPSA) is 82.2 Å². The number of hydrogen-bond donors (Lipinski definition) is 0. The Labute approximate surface area is 211 Å². The smallest absolute Gasteiger partial charge is 0.227 e. The Morgan fingerprint density at radius 1 is 1.08 bits per heavy atom. The van der Waals surface area contributed by atoms with Crippen molar-refractivity contribution >= 4 is 22.7 Å². The first-order valence-corrected chi connectivity index (χ1v) is 13.1. The van der Waals surface area contributed by atoms with E-state index in [2.05, 4.69) is 11.0 Å². The zero-order valence-electron chi connectivity index (χ0n) is 20.7. The normalized spacial score (nSPS) is 21.4. The highest BCUT2D eigenvalue weighted by atomic mass is 16.2. The van der Waals surface area contributed by atoms with Gasteiger partial charge in [0.25, 0.3) is 0 Å².